The van der Waals surface area contributed by atoms with E-state index in [9.17, 15) is 22.0 Å². The maximum Gasteiger partial charge on any atom is 0.200 e. The zero-order valence-electron chi connectivity index (χ0n) is 11.2. The Labute approximate surface area is 117 Å². The van der Waals surface area contributed by atoms with E-state index in [1.807, 2.05) is 6.92 Å². The number of furan rings is 1. The SMILES string of the molecule is CCC(NC)c1ccc(-c2c(F)c(F)c(F)c(F)c2F)o1. The van der Waals surface area contributed by atoms with Gasteiger partial charge in [-0.1, -0.05) is 6.92 Å². The van der Waals surface area contributed by atoms with Crippen molar-refractivity contribution < 1.29 is 26.4 Å². The van der Waals surface area contributed by atoms with Crippen molar-refractivity contribution in [3.8, 4) is 11.3 Å². The predicted octanol–water partition coefficient (Wildman–Crippen LogP) is 4.31. The van der Waals surface area contributed by atoms with Crippen LogP contribution in [0.15, 0.2) is 16.5 Å². The lowest BCUT2D eigenvalue weighted by Gasteiger charge is -2.10. The van der Waals surface area contributed by atoms with E-state index < -0.39 is 40.4 Å². The number of hydrogen-bond donors (Lipinski definition) is 1. The van der Waals surface area contributed by atoms with Crippen LogP contribution < -0.4 is 5.32 Å². The fourth-order valence-corrected chi connectivity index (χ4v) is 2.04. The largest absolute Gasteiger partial charge is 0.459 e. The highest BCUT2D eigenvalue weighted by molar-refractivity contribution is 5.60. The molecule has 0 amide bonds. The number of rotatable bonds is 4. The van der Waals surface area contributed by atoms with Crippen LogP contribution in [-0.2, 0) is 0 Å². The van der Waals surface area contributed by atoms with Gasteiger partial charge in [0, 0.05) is 0 Å². The Morgan fingerprint density at radius 1 is 0.952 bits per heavy atom. The van der Waals surface area contributed by atoms with Crippen molar-refractivity contribution in [3.63, 3.8) is 0 Å². The highest BCUT2D eigenvalue weighted by Gasteiger charge is 2.28. The van der Waals surface area contributed by atoms with Gasteiger partial charge in [-0.3, -0.25) is 0 Å². The molecule has 114 valence electrons. The summed E-state index contributed by atoms with van der Waals surface area (Å²) in [5, 5.41) is 2.90. The first-order chi connectivity index (χ1) is 9.92. The van der Waals surface area contributed by atoms with E-state index >= 15 is 0 Å². The van der Waals surface area contributed by atoms with Gasteiger partial charge in [0.25, 0.3) is 0 Å². The molecular formula is C14H12F5NO. The maximum atomic E-state index is 13.7. The molecule has 2 nitrogen and oxygen atoms in total. The topological polar surface area (TPSA) is 25.2 Å². The van der Waals surface area contributed by atoms with Crippen LogP contribution in [0.3, 0.4) is 0 Å². The summed E-state index contributed by atoms with van der Waals surface area (Å²) in [6, 6.07) is 2.38. The second-order valence-corrected chi connectivity index (χ2v) is 4.40. The van der Waals surface area contributed by atoms with Crippen molar-refractivity contribution >= 4 is 0 Å². The van der Waals surface area contributed by atoms with Gasteiger partial charge < -0.3 is 9.73 Å². The summed E-state index contributed by atoms with van der Waals surface area (Å²) in [7, 11) is 1.66. The molecule has 0 aliphatic rings. The normalized spacial score (nSPS) is 12.7. The minimum Gasteiger partial charge on any atom is -0.459 e. The molecule has 1 aromatic carbocycles. The standard InChI is InChI=1S/C14H12F5NO/c1-3-6(20-2)7-4-5-8(21-7)9-10(15)12(17)14(19)13(18)11(9)16/h4-6,20H,3H2,1-2H3. The van der Waals surface area contributed by atoms with Crippen molar-refractivity contribution in [2.75, 3.05) is 7.05 Å². The van der Waals surface area contributed by atoms with E-state index in [1.165, 1.54) is 12.1 Å². The maximum absolute atomic E-state index is 13.7. The van der Waals surface area contributed by atoms with Gasteiger partial charge >= 0.3 is 0 Å². The molecule has 1 atom stereocenters. The highest BCUT2D eigenvalue weighted by atomic mass is 19.2. The third-order valence-electron chi connectivity index (χ3n) is 3.18. The molecule has 1 aromatic heterocycles. The lowest BCUT2D eigenvalue weighted by atomic mass is 10.1. The van der Waals surface area contributed by atoms with Gasteiger partial charge in [-0.15, -0.1) is 0 Å². The second kappa shape index (κ2) is 5.85. The van der Waals surface area contributed by atoms with E-state index in [4.69, 9.17) is 4.42 Å². The minimum atomic E-state index is -2.19. The van der Waals surface area contributed by atoms with Crippen molar-refractivity contribution in [1.82, 2.24) is 5.32 Å². The summed E-state index contributed by atoms with van der Waals surface area (Å²) in [4.78, 5) is 0. The average Bonchev–Trinajstić information content (AvgIpc) is 2.94. The number of nitrogens with one attached hydrogen (secondary N) is 1. The summed E-state index contributed by atoms with van der Waals surface area (Å²) < 4.78 is 71.9. The predicted molar refractivity (Wildman–Crippen MR) is 66.0 cm³/mol. The molecule has 0 saturated heterocycles. The minimum absolute atomic E-state index is 0.222. The van der Waals surface area contributed by atoms with Gasteiger partial charge in [-0.05, 0) is 25.6 Å². The Morgan fingerprint density at radius 2 is 1.48 bits per heavy atom. The summed E-state index contributed by atoms with van der Waals surface area (Å²) in [6.07, 6.45) is 0.626. The van der Waals surface area contributed by atoms with Crippen LogP contribution in [0.2, 0.25) is 0 Å². The van der Waals surface area contributed by atoms with Crippen molar-refractivity contribution in [3.05, 3.63) is 47.0 Å². The molecule has 1 heterocycles. The van der Waals surface area contributed by atoms with Crippen LogP contribution in [-0.4, -0.2) is 7.05 Å². The number of hydrogen-bond acceptors (Lipinski definition) is 2. The zero-order chi connectivity index (χ0) is 15.7. The molecular weight excluding hydrogens is 293 g/mol. The molecule has 2 rings (SSSR count). The van der Waals surface area contributed by atoms with E-state index in [2.05, 4.69) is 5.32 Å². The molecule has 21 heavy (non-hydrogen) atoms. The molecule has 0 saturated carbocycles. The van der Waals surface area contributed by atoms with Gasteiger partial charge in [-0.2, -0.15) is 0 Å². The first-order valence-corrected chi connectivity index (χ1v) is 6.21. The monoisotopic (exact) mass is 305 g/mol. The molecule has 1 unspecified atom stereocenters. The van der Waals surface area contributed by atoms with Gasteiger partial charge in [0.05, 0.1) is 11.6 Å². The molecule has 0 spiro atoms. The molecule has 0 aliphatic carbocycles. The van der Waals surface area contributed by atoms with Gasteiger partial charge in [-0.25, -0.2) is 22.0 Å². The first kappa shape index (κ1) is 15.5. The molecule has 1 N–H and O–H groups in total. The van der Waals surface area contributed by atoms with Crippen LogP contribution in [0.25, 0.3) is 11.3 Å². The van der Waals surface area contributed by atoms with E-state index in [-0.39, 0.29) is 6.04 Å². The fraction of sp³-hybridized carbons (Fsp3) is 0.286. The third kappa shape index (κ3) is 2.53. The molecule has 0 fully saturated rings. The highest BCUT2D eigenvalue weighted by Crippen LogP contribution is 2.33. The Balaban J connectivity index is 2.58. The lowest BCUT2D eigenvalue weighted by Crippen LogP contribution is -2.14. The van der Waals surface area contributed by atoms with Crippen molar-refractivity contribution in [2.24, 2.45) is 0 Å². The van der Waals surface area contributed by atoms with Crippen LogP contribution >= 0.6 is 0 Å². The molecule has 0 radical (unpaired) electrons. The third-order valence-corrected chi connectivity index (χ3v) is 3.18. The summed E-state index contributed by atoms with van der Waals surface area (Å²) in [5.41, 5.74) is -1.07. The second-order valence-electron chi connectivity index (χ2n) is 4.40. The zero-order valence-corrected chi connectivity index (χ0v) is 11.2. The van der Waals surface area contributed by atoms with Crippen LogP contribution in [0, 0.1) is 29.1 Å². The van der Waals surface area contributed by atoms with Crippen molar-refractivity contribution in [2.45, 2.75) is 19.4 Å². The Bertz CT molecular complexity index is 635. The summed E-state index contributed by atoms with van der Waals surface area (Å²) >= 11 is 0. The lowest BCUT2D eigenvalue weighted by molar-refractivity contribution is 0.376. The smallest absolute Gasteiger partial charge is 0.200 e. The fourth-order valence-electron chi connectivity index (χ4n) is 2.04. The molecule has 2 aromatic rings. The summed E-state index contributed by atoms with van der Waals surface area (Å²) in [6.45, 7) is 1.85. The average molecular weight is 305 g/mol. The molecule has 0 aliphatic heterocycles. The number of benzene rings is 1. The van der Waals surface area contributed by atoms with Gasteiger partial charge in [0.2, 0.25) is 5.82 Å². The van der Waals surface area contributed by atoms with Crippen LogP contribution in [0.5, 0.6) is 0 Å². The summed E-state index contributed by atoms with van der Waals surface area (Å²) in [5.74, 6) is -10.1. The van der Waals surface area contributed by atoms with Crippen LogP contribution in [0.1, 0.15) is 25.1 Å². The Hall–Kier alpha value is -1.89. The Morgan fingerprint density at radius 3 is 1.95 bits per heavy atom. The van der Waals surface area contributed by atoms with Gasteiger partial charge in [0.1, 0.15) is 11.5 Å². The van der Waals surface area contributed by atoms with Gasteiger partial charge in [0.15, 0.2) is 23.3 Å². The number of halogens is 5. The van der Waals surface area contributed by atoms with E-state index in [1.54, 1.807) is 7.05 Å². The van der Waals surface area contributed by atoms with Crippen LogP contribution in [0.4, 0.5) is 22.0 Å². The Kier molecular flexibility index (Phi) is 4.32. The quantitative estimate of drug-likeness (QED) is 0.517. The molecule has 0 bridgehead atoms. The van der Waals surface area contributed by atoms with Crippen molar-refractivity contribution in [1.29, 1.82) is 0 Å². The van der Waals surface area contributed by atoms with E-state index in [0.717, 1.165) is 0 Å². The van der Waals surface area contributed by atoms with E-state index in [0.29, 0.717) is 12.2 Å². The molecule has 7 heteroatoms. The first-order valence-electron chi connectivity index (χ1n) is 6.21.